The zero-order valence-corrected chi connectivity index (χ0v) is 13.0. The molecule has 6 heteroatoms. The summed E-state index contributed by atoms with van der Waals surface area (Å²) in [6.07, 6.45) is 5.33. The van der Waals surface area contributed by atoms with Crippen LogP contribution in [0.2, 0.25) is 10.0 Å². The Bertz CT molecular complexity index is 741. The highest BCUT2D eigenvalue weighted by Crippen LogP contribution is 2.51. The third kappa shape index (κ3) is 1.94. The number of aliphatic carboxylic acids is 1. The molecule has 2 aliphatic heterocycles. The number of hydrogen-bond acceptors (Lipinski definition) is 3. The molecule has 2 N–H and O–H groups in total. The van der Waals surface area contributed by atoms with E-state index in [4.69, 9.17) is 27.9 Å². The van der Waals surface area contributed by atoms with Gasteiger partial charge in [0.05, 0.1) is 5.92 Å². The molecule has 4 rings (SSSR count). The smallest absolute Gasteiger partial charge is 0.330 e. The minimum atomic E-state index is -0.944. The Morgan fingerprint density at radius 2 is 2.18 bits per heavy atom. The second-order valence-electron chi connectivity index (χ2n) is 5.69. The molecule has 1 aliphatic carbocycles. The first-order chi connectivity index (χ1) is 10.6. The fraction of sp³-hybridized carbons (Fsp3) is 0.312. The molecular weight excluding hydrogens is 325 g/mol. The minimum Gasteiger partial charge on any atom is -0.491 e. The van der Waals surface area contributed by atoms with Gasteiger partial charge in [0.2, 0.25) is 0 Å². The molecule has 3 atom stereocenters. The van der Waals surface area contributed by atoms with Gasteiger partial charge in [-0.15, -0.1) is 0 Å². The predicted molar refractivity (Wildman–Crippen MR) is 84.5 cm³/mol. The van der Waals surface area contributed by atoms with Crippen LogP contribution in [0.3, 0.4) is 0 Å². The quantitative estimate of drug-likeness (QED) is 0.814. The van der Waals surface area contributed by atoms with Crippen LogP contribution in [-0.2, 0) is 9.53 Å². The fourth-order valence-corrected chi connectivity index (χ4v) is 4.14. The number of nitrogens with one attached hydrogen (secondary N) is 1. The molecule has 0 spiro atoms. The first-order valence-corrected chi connectivity index (χ1v) is 7.86. The average molecular weight is 338 g/mol. The van der Waals surface area contributed by atoms with Gasteiger partial charge in [0.15, 0.2) is 6.04 Å². The first-order valence-electron chi connectivity index (χ1n) is 7.11. The Morgan fingerprint density at radius 1 is 1.36 bits per heavy atom. The Balaban J connectivity index is 1.91. The number of fused-ring (bicyclic) bond motifs is 4. The van der Waals surface area contributed by atoms with Gasteiger partial charge in [-0.2, -0.15) is 0 Å². The SMILES string of the molecule is O=C(O)C1Nc2cc(Cl)cc(Cl)c2C2C3=C(CCC=C3)OC12. The summed E-state index contributed by atoms with van der Waals surface area (Å²) in [5, 5.41) is 13.6. The van der Waals surface area contributed by atoms with E-state index in [2.05, 4.69) is 11.4 Å². The van der Waals surface area contributed by atoms with Crippen LogP contribution in [0.25, 0.3) is 0 Å². The second-order valence-corrected chi connectivity index (χ2v) is 6.53. The van der Waals surface area contributed by atoms with Crippen LogP contribution in [0.5, 0.6) is 0 Å². The van der Waals surface area contributed by atoms with Crippen molar-refractivity contribution in [3.63, 3.8) is 0 Å². The second kappa shape index (κ2) is 4.93. The van der Waals surface area contributed by atoms with Crippen LogP contribution < -0.4 is 5.32 Å². The normalized spacial score (nSPS) is 28.4. The number of halogens is 2. The van der Waals surface area contributed by atoms with Gasteiger partial charge >= 0.3 is 5.97 Å². The molecular formula is C16H13Cl2NO3. The average Bonchev–Trinajstić information content (AvgIpc) is 2.84. The van der Waals surface area contributed by atoms with Crippen LogP contribution in [0, 0.1) is 0 Å². The van der Waals surface area contributed by atoms with E-state index < -0.39 is 18.1 Å². The molecule has 0 fully saturated rings. The minimum absolute atomic E-state index is 0.173. The zero-order valence-electron chi connectivity index (χ0n) is 11.5. The molecule has 0 radical (unpaired) electrons. The van der Waals surface area contributed by atoms with Crippen molar-refractivity contribution in [2.75, 3.05) is 5.32 Å². The van der Waals surface area contributed by atoms with E-state index in [1.165, 1.54) is 0 Å². The lowest BCUT2D eigenvalue weighted by Gasteiger charge is -2.35. The Labute approximate surface area is 137 Å². The van der Waals surface area contributed by atoms with Gasteiger partial charge in [-0.3, -0.25) is 0 Å². The van der Waals surface area contributed by atoms with Crippen molar-refractivity contribution in [2.45, 2.75) is 30.9 Å². The summed E-state index contributed by atoms with van der Waals surface area (Å²) in [6, 6.07) is 2.58. The van der Waals surface area contributed by atoms with Crippen molar-refractivity contribution in [1.82, 2.24) is 0 Å². The summed E-state index contributed by atoms with van der Waals surface area (Å²) < 4.78 is 5.98. The lowest BCUT2D eigenvalue weighted by atomic mass is 9.79. The van der Waals surface area contributed by atoms with E-state index >= 15 is 0 Å². The van der Waals surface area contributed by atoms with Crippen LogP contribution in [0.15, 0.2) is 35.6 Å². The number of carboxylic acid groups (broad SMARTS) is 1. The Kier molecular flexibility index (Phi) is 3.13. The van der Waals surface area contributed by atoms with E-state index in [1.807, 2.05) is 6.08 Å². The summed E-state index contributed by atoms with van der Waals surface area (Å²) in [5.74, 6) is -0.237. The number of allylic oxidation sites excluding steroid dienone is 3. The zero-order chi connectivity index (χ0) is 15.4. The van der Waals surface area contributed by atoms with E-state index in [-0.39, 0.29) is 5.92 Å². The molecule has 4 nitrogen and oxygen atoms in total. The number of rotatable bonds is 1. The lowest BCUT2D eigenvalue weighted by molar-refractivity contribution is -0.140. The van der Waals surface area contributed by atoms with E-state index in [0.717, 1.165) is 29.7 Å². The van der Waals surface area contributed by atoms with Crippen molar-refractivity contribution < 1.29 is 14.6 Å². The first kappa shape index (κ1) is 14.0. The number of hydrogen-bond donors (Lipinski definition) is 2. The molecule has 1 aromatic rings. The molecule has 3 unspecified atom stereocenters. The standard InChI is InChI=1S/C16H13Cl2NO3/c17-7-5-9(18)13-10(6-7)19-14(16(20)21)15-12(13)8-3-1-2-4-11(8)22-15/h1,3,5-6,12,14-15,19H,2,4H2,(H,20,21). The topological polar surface area (TPSA) is 58.6 Å². The number of benzene rings is 1. The highest BCUT2D eigenvalue weighted by molar-refractivity contribution is 6.35. The Hall–Kier alpha value is -1.65. The molecule has 0 saturated carbocycles. The molecule has 2 heterocycles. The monoisotopic (exact) mass is 337 g/mol. The van der Waals surface area contributed by atoms with Gasteiger partial charge in [0, 0.05) is 33.3 Å². The third-order valence-corrected chi connectivity index (χ3v) is 4.94. The maximum atomic E-state index is 11.6. The van der Waals surface area contributed by atoms with Gasteiger partial charge < -0.3 is 15.2 Å². The van der Waals surface area contributed by atoms with Gasteiger partial charge in [-0.1, -0.05) is 35.4 Å². The van der Waals surface area contributed by atoms with E-state index in [9.17, 15) is 9.90 Å². The van der Waals surface area contributed by atoms with Crippen molar-refractivity contribution >= 4 is 34.9 Å². The Morgan fingerprint density at radius 3 is 2.95 bits per heavy atom. The number of carboxylic acids is 1. The van der Waals surface area contributed by atoms with Crippen LogP contribution >= 0.6 is 23.2 Å². The number of anilines is 1. The number of ether oxygens (including phenoxy) is 1. The molecule has 3 aliphatic rings. The van der Waals surface area contributed by atoms with Gasteiger partial charge in [-0.05, 0) is 18.6 Å². The van der Waals surface area contributed by atoms with Crippen LogP contribution in [0.4, 0.5) is 5.69 Å². The van der Waals surface area contributed by atoms with Crippen molar-refractivity contribution in [1.29, 1.82) is 0 Å². The third-order valence-electron chi connectivity index (χ3n) is 4.41. The molecule has 114 valence electrons. The molecule has 0 amide bonds. The van der Waals surface area contributed by atoms with Gasteiger partial charge in [0.25, 0.3) is 0 Å². The van der Waals surface area contributed by atoms with Gasteiger partial charge in [0.1, 0.15) is 11.9 Å². The summed E-state index contributed by atoms with van der Waals surface area (Å²) in [4.78, 5) is 11.6. The van der Waals surface area contributed by atoms with Crippen molar-refractivity contribution in [3.8, 4) is 0 Å². The summed E-state index contributed by atoms with van der Waals surface area (Å²) in [7, 11) is 0. The maximum Gasteiger partial charge on any atom is 0.330 e. The van der Waals surface area contributed by atoms with Crippen LogP contribution in [-0.4, -0.2) is 23.2 Å². The lowest BCUT2D eigenvalue weighted by Crippen LogP contribution is -2.47. The van der Waals surface area contributed by atoms with Crippen LogP contribution in [0.1, 0.15) is 24.3 Å². The summed E-state index contributed by atoms with van der Waals surface area (Å²) in [6.45, 7) is 0. The highest BCUT2D eigenvalue weighted by atomic mass is 35.5. The van der Waals surface area contributed by atoms with E-state index in [0.29, 0.717) is 15.7 Å². The molecule has 0 aromatic heterocycles. The summed E-state index contributed by atoms with van der Waals surface area (Å²) >= 11 is 12.5. The molecule has 22 heavy (non-hydrogen) atoms. The largest absolute Gasteiger partial charge is 0.491 e. The van der Waals surface area contributed by atoms with Gasteiger partial charge in [-0.25, -0.2) is 4.79 Å². The molecule has 0 bridgehead atoms. The number of carbonyl (C=O) groups is 1. The highest BCUT2D eigenvalue weighted by Gasteiger charge is 2.49. The maximum absolute atomic E-state index is 11.6. The predicted octanol–water partition coefficient (Wildman–Crippen LogP) is 3.96. The van der Waals surface area contributed by atoms with Crippen molar-refractivity contribution in [2.24, 2.45) is 0 Å². The van der Waals surface area contributed by atoms with Crippen molar-refractivity contribution in [3.05, 3.63) is 51.2 Å². The molecule has 1 aromatic carbocycles. The molecule has 0 saturated heterocycles. The van der Waals surface area contributed by atoms with E-state index in [1.54, 1.807) is 12.1 Å². The fourth-order valence-electron chi connectivity index (χ4n) is 3.53. The summed E-state index contributed by atoms with van der Waals surface area (Å²) in [5.41, 5.74) is 2.57.